The van der Waals surface area contributed by atoms with Crippen LogP contribution in [0, 0.1) is 0 Å². The van der Waals surface area contributed by atoms with Gasteiger partial charge in [-0.25, -0.2) is 0 Å². The van der Waals surface area contributed by atoms with Crippen LogP contribution < -0.4 is 0 Å². The maximum Gasteiger partial charge on any atom is 0.256 e. The van der Waals surface area contributed by atoms with Gasteiger partial charge in [0, 0.05) is 25.2 Å². The Labute approximate surface area is 134 Å². The van der Waals surface area contributed by atoms with Gasteiger partial charge in [-0.15, -0.1) is 0 Å². The summed E-state index contributed by atoms with van der Waals surface area (Å²) in [6.45, 7) is 1.40. The Morgan fingerprint density at radius 1 is 1.26 bits per heavy atom. The van der Waals surface area contributed by atoms with Gasteiger partial charge in [0.05, 0.1) is 36.1 Å². The minimum Gasteiger partial charge on any atom is -0.383 e. The maximum atomic E-state index is 13.0. The summed E-state index contributed by atoms with van der Waals surface area (Å²) in [5.74, 6) is -0.0671. The molecule has 2 aromatic heterocycles. The molecule has 1 N–H and O–H groups in total. The number of nitrogens with zero attached hydrogens (tertiary/aromatic N) is 3. The average molecular weight is 310 g/mol. The lowest BCUT2D eigenvalue weighted by molar-refractivity contribution is 0.0679. The topological polar surface area (TPSA) is 71.1 Å². The number of amides is 1. The second-order valence-electron chi connectivity index (χ2n) is 5.18. The van der Waals surface area contributed by atoms with Crippen molar-refractivity contribution in [1.82, 2.24) is 20.1 Å². The number of carbonyl (C=O) groups excluding carboxylic acids is 1. The van der Waals surface area contributed by atoms with Crippen LogP contribution in [-0.2, 0) is 11.3 Å². The molecule has 0 saturated heterocycles. The van der Waals surface area contributed by atoms with Crippen LogP contribution in [0.1, 0.15) is 16.1 Å². The lowest BCUT2D eigenvalue weighted by Gasteiger charge is -2.22. The van der Waals surface area contributed by atoms with E-state index in [2.05, 4.69) is 15.2 Å². The monoisotopic (exact) mass is 310 g/mol. The number of nitrogens with one attached hydrogen (secondary N) is 1. The molecule has 118 valence electrons. The third-order valence-corrected chi connectivity index (χ3v) is 3.64. The van der Waals surface area contributed by atoms with Crippen molar-refractivity contribution < 1.29 is 9.53 Å². The second kappa shape index (κ2) is 7.02. The van der Waals surface area contributed by atoms with Crippen molar-refractivity contribution in [2.24, 2.45) is 0 Å². The number of aromatic amines is 1. The highest BCUT2D eigenvalue weighted by atomic mass is 16.5. The van der Waals surface area contributed by atoms with Gasteiger partial charge in [0.15, 0.2) is 0 Å². The molecule has 0 spiro atoms. The number of benzene rings is 1. The fourth-order valence-corrected chi connectivity index (χ4v) is 2.46. The summed E-state index contributed by atoms with van der Waals surface area (Å²) < 4.78 is 5.13. The van der Waals surface area contributed by atoms with Gasteiger partial charge in [-0.3, -0.25) is 14.9 Å². The summed E-state index contributed by atoms with van der Waals surface area (Å²) in [7, 11) is 1.62. The maximum absolute atomic E-state index is 13.0. The highest BCUT2D eigenvalue weighted by Gasteiger charge is 2.19. The standard InChI is InChI=1S/C17H18N4O2/c1-23-10-9-21(12-14-6-2-3-8-18-14)17(22)15-7-4-5-13-11-19-20-16(13)15/h2-8,11H,9-10,12H2,1H3,(H,19,20). The Morgan fingerprint density at radius 2 is 2.17 bits per heavy atom. The van der Waals surface area contributed by atoms with Crippen LogP contribution in [0.5, 0.6) is 0 Å². The molecule has 0 saturated carbocycles. The van der Waals surface area contributed by atoms with E-state index in [4.69, 9.17) is 4.74 Å². The Morgan fingerprint density at radius 3 is 2.96 bits per heavy atom. The van der Waals surface area contributed by atoms with Crippen molar-refractivity contribution in [3.05, 3.63) is 60.0 Å². The van der Waals surface area contributed by atoms with Crippen LogP contribution in [0.15, 0.2) is 48.8 Å². The Bertz CT molecular complexity index is 785. The number of para-hydroxylation sites is 1. The minimum absolute atomic E-state index is 0.0671. The number of rotatable bonds is 6. The summed E-state index contributed by atoms with van der Waals surface area (Å²) in [5.41, 5.74) is 2.20. The van der Waals surface area contributed by atoms with Crippen LogP contribution >= 0.6 is 0 Å². The zero-order valence-corrected chi connectivity index (χ0v) is 12.9. The molecule has 1 amide bonds. The van der Waals surface area contributed by atoms with Crippen molar-refractivity contribution in [3.8, 4) is 0 Å². The highest BCUT2D eigenvalue weighted by Crippen LogP contribution is 2.18. The molecule has 2 heterocycles. The molecule has 6 nitrogen and oxygen atoms in total. The van der Waals surface area contributed by atoms with Gasteiger partial charge >= 0.3 is 0 Å². The van der Waals surface area contributed by atoms with Crippen LogP contribution in [0.3, 0.4) is 0 Å². The molecule has 0 aliphatic rings. The Hall–Kier alpha value is -2.73. The number of carbonyl (C=O) groups is 1. The molecule has 6 heteroatoms. The molecule has 0 unspecified atom stereocenters. The van der Waals surface area contributed by atoms with E-state index in [1.807, 2.05) is 30.3 Å². The molecule has 0 fully saturated rings. The van der Waals surface area contributed by atoms with Crippen molar-refractivity contribution in [2.45, 2.75) is 6.54 Å². The predicted octanol–water partition coefficient (Wildman–Crippen LogP) is 2.25. The Kier molecular flexibility index (Phi) is 4.63. The predicted molar refractivity (Wildman–Crippen MR) is 86.9 cm³/mol. The van der Waals surface area contributed by atoms with E-state index in [9.17, 15) is 4.79 Å². The Balaban J connectivity index is 1.89. The third-order valence-electron chi connectivity index (χ3n) is 3.64. The summed E-state index contributed by atoms with van der Waals surface area (Å²) in [4.78, 5) is 19.0. The van der Waals surface area contributed by atoms with Gasteiger partial charge in [-0.2, -0.15) is 5.10 Å². The zero-order valence-electron chi connectivity index (χ0n) is 12.9. The lowest BCUT2D eigenvalue weighted by atomic mass is 10.1. The zero-order chi connectivity index (χ0) is 16.1. The van der Waals surface area contributed by atoms with Gasteiger partial charge in [-0.05, 0) is 18.2 Å². The molecule has 23 heavy (non-hydrogen) atoms. The van der Waals surface area contributed by atoms with Crippen molar-refractivity contribution in [2.75, 3.05) is 20.3 Å². The molecule has 0 aliphatic heterocycles. The van der Waals surface area contributed by atoms with Crippen LogP contribution in [0.2, 0.25) is 0 Å². The van der Waals surface area contributed by atoms with E-state index in [-0.39, 0.29) is 5.91 Å². The van der Waals surface area contributed by atoms with Crippen molar-refractivity contribution >= 4 is 16.8 Å². The van der Waals surface area contributed by atoms with Crippen LogP contribution in [0.4, 0.5) is 0 Å². The second-order valence-corrected chi connectivity index (χ2v) is 5.18. The minimum atomic E-state index is -0.0671. The van der Waals surface area contributed by atoms with Crippen molar-refractivity contribution in [3.63, 3.8) is 0 Å². The quantitative estimate of drug-likeness (QED) is 0.758. The smallest absolute Gasteiger partial charge is 0.256 e. The number of pyridine rings is 1. The van der Waals surface area contributed by atoms with Crippen molar-refractivity contribution in [1.29, 1.82) is 0 Å². The van der Waals surface area contributed by atoms with Crippen LogP contribution in [-0.4, -0.2) is 46.2 Å². The molecule has 0 aliphatic carbocycles. The first-order valence-corrected chi connectivity index (χ1v) is 7.40. The first kappa shape index (κ1) is 15.2. The SMILES string of the molecule is COCCN(Cc1ccccn1)C(=O)c1cccc2cn[nH]c12. The molecule has 0 atom stereocenters. The number of ether oxygens (including phenoxy) is 1. The third kappa shape index (κ3) is 3.37. The number of methoxy groups -OCH3 is 1. The lowest BCUT2D eigenvalue weighted by Crippen LogP contribution is -2.33. The van der Waals surface area contributed by atoms with Gasteiger partial charge in [0.1, 0.15) is 0 Å². The number of fused-ring (bicyclic) bond motifs is 1. The van der Waals surface area contributed by atoms with E-state index < -0.39 is 0 Å². The summed E-state index contributed by atoms with van der Waals surface area (Å²) in [6, 6.07) is 11.3. The fourth-order valence-electron chi connectivity index (χ4n) is 2.46. The molecule has 0 radical (unpaired) electrons. The van der Waals surface area contributed by atoms with Gasteiger partial charge < -0.3 is 9.64 Å². The molecular weight excluding hydrogens is 292 g/mol. The number of hydrogen-bond donors (Lipinski definition) is 1. The van der Waals surface area contributed by atoms with E-state index >= 15 is 0 Å². The fraction of sp³-hybridized carbons (Fsp3) is 0.235. The van der Waals surface area contributed by atoms with Gasteiger partial charge in [0.25, 0.3) is 5.91 Å². The van der Waals surface area contributed by atoms with E-state index in [0.717, 1.165) is 16.6 Å². The first-order valence-electron chi connectivity index (χ1n) is 7.40. The number of H-pyrrole nitrogens is 1. The molecular formula is C17H18N4O2. The summed E-state index contributed by atoms with van der Waals surface area (Å²) in [5, 5.41) is 7.83. The largest absolute Gasteiger partial charge is 0.383 e. The first-order chi connectivity index (χ1) is 11.3. The number of aromatic nitrogens is 3. The molecule has 3 rings (SSSR count). The van der Waals surface area contributed by atoms with E-state index in [0.29, 0.717) is 25.3 Å². The number of hydrogen-bond acceptors (Lipinski definition) is 4. The summed E-state index contributed by atoms with van der Waals surface area (Å²) >= 11 is 0. The molecule has 0 bridgehead atoms. The van der Waals surface area contributed by atoms with E-state index in [1.54, 1.807) is 30.5 Å². The summed E-state index contributed by atoms with van der Waals surface area (Å²) in [6.07, 6.45) is 3.44. The van der Waals surface area contributed by atoms with E-state index in [1.165, 1.54) is 0 Å². The van der Waals surface area contributed by atoms with Crippen LogP contribution in [0.25, 0.3) is 10.9 Å². The average Bonchev–Trinajstić information content (AvgIpc) is 3.07. The highest BCUT2D eigenvalue weighted by molar-refractivity contribution is 6.05. The van der Waals surface area contributed by atoms with Gasteiger partial charge in [0.2, 0.25) is 0 Å². The van der Waals surface area contributed by atoms with Gasteiger partial charge in [-0.1, -0.05) is 18.2 Å². The molecule has 3 aromatic rings. The molecule has 1 aromatic carbocycles. The normalized spacial score (nSPS) is 10.8.